The highest BCUT2D eigenvalue weighted by Crippen LogP contribution is 2.20. The molecule has 12 heteroatoms. The van der Waals surface area contributed by atoms with Crippen LogP contribution in [0.3, 0.4) is 0 Å². The van der Waals surface area contributed by atoms with Crippen LogP contribution in [0.1, 0.15) is 0 Å². The number of imidazole rings is 1. The lowest BCUT2D eigenvalue weighted by Gasteiger charge is -2.38. The predicted molar refractivity (Wildman–Crippen MR) is 73.5 cm³/mol. The molecule has 1 aromatic heterocycles. The molecule has 136 valence electrons. The van der Waals surface area contributed by atoms with Crippen LogP contribution in [0.2, 0.25) is 0 Å². The first-order valence-electron chi connectivity index (χ1n) is 7.06. The topological polar surface area (TPSA) is 160 Å². The number of aromatic nitrogens is 2. The molecule has 1 fully saturated rings. The van der Waals surface area contributed by atoms with Crippen molar-refractivity contribution in [3.8, 4) is 0 Å². The number of aliphatic hydroxyl groups excluding tert-OH is 4. The van der Waals surface area contributed by atoms with Crippen LogP contribution in [-0.2, 0) is 16.0 Å². The van der Waals surface area contributed by atoms with Crippen LogP contribution in [0.5, 0.6) is 0 Å². The number of hydrogen-bond acceptors (Lipinski definition) is 9. The zero-order chi connectivity index (χ0) is 17.9. The standard InChI is InChI=1S/C12H18FN3O8/c13-6(3-15-2-1-14-12(15)16(21)22)4-23-5-7-8(17)9(18)10(19)11(20)24-7/h1-2,6-11,17-20H,3-5H2/t6?,7-,8-,9+,10-,11+/m1/s1. The third-order valence-electron chi connectivity index (χ3n) is 3.52. The first-order valence-corrected chi connectivity index (χ1v) is 7.06. The third kappa shape index (κ3) is 4.23. The van der Waals surface area contributed by atoms with E-state index >= 15 is 0 Å². The highest BCUT2D eigenvalue weighted by molar-refractivity contribution is 5.06. The molecular weight excluding hydrogens is 333 g/mol. The van der Waals surface area contributed by atoms with Crippen molar-refractivity contribution >= 4 is 5.95 Å². The fourth-order valence-corrected chi connectivity index (χ4v) is 2.26. The molecule has 1 aliphatic heterocycles. The maximum atomic E-state index is 13.8. The van der Waals surface area contributed by atoms with Crippen LogP contribution < -0.4 is 0 Å². The van der Waals surface area contributed by atoms with Gasteiger partial charge < -0.3 is 40.0 Å². The van der Waals surface area contributed by atoms with Crippen molar-refractivity contribution < 1.29 is 39.2 Å². The highest BCUT2D eigenvalue weighted by Gasteiger charge is 2.43. The van der Waals surface area contributed by atoms with E-state index in [2.05, 4.69) is 4.98 Å². The summed E-state index contributed by atoms with van der Waals surface area (Å²) >= 11 is 0. The van der Waals surface area contributed by atoms with Gasteiger partial charge in [-0.1, -0.05) is 4.98 Å². The second-order valence-electron chi connectivity index (χ2n) is 5.31. The molecule has 2 heterocycles. The second kappa shape index (κ2) is 7.92. The van der Waals surface area contributed by atoms with Gasteiger partial charge in [-0.05, 0) is 4.92 Å². The Kier molecular flexibility index (Phi) is 6.15. The number of alkyl halides is 1. The van der Waals surface area contributed by atoms with Gasteiger partial charge in [0, 0.05) is 0 Å². The number of nitro groups is 1. The molecule has 6 atom stereocenters. The molecule has 1 unspecified atom stereocenters. The van der Waals surface area contributed by atoms with E-state index in [1.54, 1.807) is 0 Å². The van der Waals surface area contributed by atoms with Crippen molar-refractivity contribution in [3.63, 3.8) is 0 Å². The summed E-state index contributed by atoms with van der Waals surface area (Å²) in [6.45, 7) is -1.17. The van der Waals surface area contributed by atoms with Gasteiger partial charge >= 0.3 is 5.95 Å². The monoisotopic (exact) mass is 351 g/mol. The Morgan fingerprint density at radius 2 is 2.08 bits per heavy atom. The quantitative estimate of drug-likeness (QED) is 0.320. The van der Waals surface area contributed by atoms with Gasteiger partial charge in [-0.2, -0.15) is 0 Å². The van der Waals surface area contributed by atoms with Gasteiger partial charge in [-0.3, -0.25) is 0 Å². The summed E-state index contributed by atoms with van der Waals surface area (Å²) < 4.78 is 24.7. The molecule has 1 aliphatic rings. The molecule has 0 spiro atoms. The van der Waals surface area contributed by atoms with Gasteiger partial charge in [0.1, 0.15) is 43.4 Å². The summed E-state index contributed by atoms with van der Waals surface area (Å²) in [5.74, 6) is -0.496. The molecular formula is C12H18FN3O8. The Morgan fingerprint density at radius 1 is 1.38 bits per heavy atom. The average molecular weight is 351 g/mol. The lowest BCUT2D eigenvalue weighted by atomic mass is 9.99. The van der Waals surface area contributed by atoms with Crippen molar-refractivity contribution in [2.75, 3.05) is 13.2 Å². The number of aliphatic hydroxyl groups is 4. The Morgan fingerprint density at radius 3 is 2.75 bits per heavy atom. The highest BCUT2D eigenvalue weighted by atomic mass is 19.1. The molecule has 0 bridgehead atoms. The molecule has 2 rings (SSSR count). The van der Waals surface area contributed by atoms with E-state index in [9.17, 15) is 34.9 Å². The van der Waals surface area contributed by atoms with Crippen molar-refractivity contribution in [2.45, 2.75) is 43.4 Å². The molecule has 4 N–H and O–H groups in total. The zero-order valence-electron chi connectivity index (χ0n) is 12.4. The van der Waals surface area contributed by atoms with Crippen molar-refractivity contribution in [1.82, 2.24) is 9.55 Å². The SMILES string of the molecule is O=[N+]([O-])c1nccn1CC(F)COC[C@H]1O[C@H](O)[C@H](O)[C@@H](O)[C@@H]1O. The smallest absolute Gasteiger partial charge is 0.390 e. The summed E-state index contributed by atoms with van der Waals surface area (Å²) in [6, 6.07) is 0. The van der Waals surface area contributed by atoms with Gasteiger partial charge in [0.2, 0.25) is 0 Å². The van der Waals surface area contributed by atoms with Crippen LogP contribution >= 0.6 is 0 Å². The van der Waals surface area contributed by atoms with Crippen molar-refractivity contribution in [2.24, 2.45) is 0 Å². The molecule has 0 saturated carbocycles. The van der Waals surface area contributed by atoms with Gasteiger partial charge in [0.05, 0.1) is 13.2 Å². The molecule has 0 aromatic carbocycles. The van der Waals surface area contributed by atoms with Gasteiger partial charge in [0.25, 0.3) is 0 Å². The number of hydrogen-bond donors (Lipinski definition) is 4. The third-order valence-corrected chi connectivity index (χ3v) is 3.52. The maximum absolute atomic E-state index is 13.8. The van der Waals surface area contributed by atoms with Crippen LogP contribution in [0.25, 0.3) is 0 Å². The second-order valence-corrected chi connectivity index (χ2v) is 5.31. The summed E-state index contributed by atoms with van der Waals surface area (Å²) in [4.78, 5) is 13.4. The lowest BCUT2D eigenvalue weighted by Crippen LogP contribution is -2.58. The number of ether oxygens (including phenoxy) is 2. The van der Waals surface area contributed by atoms with Crippen LogP contribution in [-0.4, -0.2) is 85.0 Å². The van der Waals surface area contributed by atoms with Crippen LogP contribution in [0.15, 0.2) is 12.4 Å². The van der Waals surface area contributed by atoms with E-state index in [-0.39, 0.29) is 13.2 Å². The average Bonchev–Trinajstić information content (AvgIpc) is 2.98. The summed E-state index contributed by atoms with van der Waals surface area (Å²) in [6.07, 6.45) is -6.84. The van der Waals surface area contributed by atoms with Gasteiger partial charge in [-0.25, -0.2) is 8.96 Å². The van der Waals surface area contributed by atoms with E-state index in [4.69, 9.17) is 9.47 Å². The Labute approximate surface area is 135 Å². The summed E-state index contributed by atoms with van der Waals surface area (Å²) in [7, 11) is 0. The maximum Gasteiger partial charge on any atom is 0.434 e. The Bertz CT molecular complexity index is 558. The fourth-order valence-electron chi connectivity index (χ4n) is 2.26. The van der Waals surface area contributed by atoms with E-state index in [0.29, 0.717) is 0 Å². The van der Waals surface area contributed by atoms with Crippen molar-refractivity contribution in [3.05, 3.63) is 22.5 Å². The number of rotatable bonds is 7. The Balaban J connectivity index is 1.79. The lowest BCUT2D eigenvalue weighted by molar-refractivity contribution is -0.396. The minimum Gasteiger partial charge on any atom is -0.390 e. The molecule has 0 amide bonds. The van der Waals surface area contributed by atoms with E-state index in [0.717, 1.165) is 4.57 Å². The molecule has 0 radical (unpaired) electrons. The number of nitrogens with zero attached hydrogens (tertiary/aromatic N) is 3. The van der Waals surface area contributed by atoms with Crippen LogP contribution in [0, 0.1) is 10.1 Å². The first kappa shape index (κ1) is 18.6. The summed E-state index contributed by atoms with van der Waals surface area (Å²) in [5, 5.41) is 48.5. The first-order chi connectivity index (χ1) is 11.3. The minimum atomic E-state index is -1.70. The zero-order valence-corrected chi connectivity index (χ0v) is 12.4. The fraction of sp³-hybridized carbons (Fsp3) is 0.750. The normalized spacial score (nSPS) is 31.8. The predicted octanol–water partition coefficient (Wildman–Crippen LogP) is -2.05. The number of halogens is 1. The van der Waals surface area contributed by atoms with E-state index < -0.39 is 54.4 Å². The molecule has 0 aliphatic carbocycles. The molecule has 1 saturated heterocycles. The molecule has 24 heavy (non-hydrogen) atoms. The minimum absolute atomic E-state index is 0.353. The van der Waals surface area contributed by atoms with E-state index in [1.165, 1.54) is 12.4 Å². The van der Waals surface area contributed by atoms with Crippen molar-refractivity contribution in [1.29, 1.82) is 0 Å². The largest absolute Gasteiger partial charge is 0.434 e. The molecule has 11 nitrogen and oxygen atoms in total. The van der Waals surface area contributed by atoms with E-state index in [1.807, 2.05) is 0 Å². The van der Waals surface area contributed by atoms with Gasteiger partial charge in [-0.15, -0.1) is 0 Å². The Hall–Kier alpha value is -1.70. The summed E-state index contributed by atoms with van der Waals surface area (Å²) in [5.41, 5.74) is 0. The van der Waals surface area contributed by atoms with Gasteiger partial charge in [0.15, 0.2) is 12.5 Å². The molecule has 1 aromatic rings. The van der Waals surface area contributed by atoms with Crippen LogP contribution in [0.4, 0.5) is 10.3 Å².